The maximum atomic E-state index is 4.19. The number of halogens is 1. The third-order valence-electron chi connectivity index (χ3n) is 3.21. The van der Waals surface area contributed by atoms with Gasteiger partial charge >= 0.3 is 0 Å². The normalized spacial score (nSPS) is 12.4. The van der Waals surface area contributed by atoms with Gasteiger partial charge in [0.25, 0.3) is 0 Å². The number of benzene rings is 1. The van der Waals surface area contributed by atoms with Crippen LogP contribution in [0.2, 0.25) is 0 Å². The summed E-state index contributed by atoms with van der Waals surface area (Å²) in [5, 5.41) is 3.55. The van der Waals surface area contributed by atoms with E-state index >= 15 is 0 Å². The van der Waals surface area contributed by atoms with E-state index in [1.807, 2.05) is 18.5 Å². The van der Waals surface area contributed by atoms with Crippen molar-refractivity contribution >= 4 is 15.9 Å². The standard InChI is InChI=1S/C16H19BrN2/c1-3-19-16(9-13-5-4-8-18-11-13)14-7-6-12(2)15(17)10-14/h4-8,10-11,16,19H,3,9H2,1-2H3. The Labute approximate surface area is 123 Å². The zero-order valence-electron chi connectivity index (χ0n) is 11.4. The fourth-order valence-corrected chi connectivity index (χ4v) is 2.53. The average Bonchev–Trinajstić information content (AvgIpc) is 2.43. The Morgan fingerprint density at radius 3 is 2.79 bits per heavy atom. The predicted octanol–water partition coefficient (Wildman–Crippen LogP) is 4.05. The molecule has 0 saturated heterocycles. The largest absolute Gasteiger partial charge is 0.310 e. The molecule has 0 fully saturated rings. The summed E-state index contributed by atoms with van der Waals surface area (Å²) < 4.78 is 1.17. The Balaban J connectivity index is 2.21. The minimum atomic E-state index is 0.325. The van der Waals surface area contributed by atoms with Crippen molar-refractivity contribution in [2.24, 2.45) is 0 Å². The summed E-state index contributed by atoms with van der Waals surface area (Å²) in [5.41, 5.74) is 3.83. The van der Waals surface area contributed by atoms with Crippen LogP contribution in [0.4, 0.5) is 0 Å². The van der Waals surface area contributed by atoms with Crippen LogP contribution in [0.3, 0.4) is 0 Å². The summed E-state index contributed by atoms with van der Waals surface area (Å²) in [6.07, 6.45) is 4.71. The van der Waals surface area contributed by atoms with E-state index in [1.165, 1.54) is 21.2 Å². The van der Waals surface area contributed by atoms with Crippen molar-refractivity contribution in [2.75, 3.05) is 6.54 Å². The lowest BCUT2D eigenvalue weighted by Gasteiger charge is -2.19. The molecule has 100 valence electrons. The number of rotatable bonds is 5. The summed E-state index contributed by atoms with van der Waals surface area (Å²) >= 11 is 3.61. The van der Waals surface area contributed by atoms with Gasteiger partial charge in [0.2, 0.25) is 0 Å². The van der Waals surface area contributed by atoms with E-state index in [0.717, 1.165) is 13.0 Å². The van der Waals surface area contributed by atoms with E-state index in [4.69, 9.17) is 0 Å². The van der Waals surface area contributed by atoms with E-state index in [9.17, 15) is 0 Å². The van der Waals surface area contributed by atoms with Crippen LogP contribution in [0, 0.1) is 6.92 Å². The first-order valence-corrected chi connectivity index (χ1v) is 7.38. The number of nitrogens with one attached hydrogen (secondary N) is 1. The molecule has 0 amide bonds. The lowest BCUT2D eigenvalue weighted by atomic mass is 9.99. The van der Waals surface area contributed by atoms with Gasteiger partial charge in [0.1, 0.15) is 0 Å². The number of aryl methyl sites for hydroxylation is 1. The molecule has 3 heteroatoms. The third kappa shape index (κ3) is 3.88. The summed E-state index contributed by atoms with van der Waals surface area (Å²) in [6.45, 7) is 5.20. The maximum Gasteiger partial charge on any atom is 0.0361 e. The SMILES string of the molecule is CCNC(Cc1cccnc1)c1ccc(C)c(Br)c1. The van der Waals surface area contributed by atoms with Crippen molar-refractivity contribution in [1.82, 2.24) is 10.3 Å². The van der Waals surface area contributed by atoms with Gasteiger partial charge in [-0.3, -0.25) is 4.98 Å². The zero-order chi connectivity index (χ0) is 13.7. The van der Waals surface area contributed by atoms with Crippen LogP contribution in [-0.2, 0) is 6.42 Å². The second-order valence-electron chi connectivity index (χ2n) is 4.68. The Morgan fingerprint density at radius 1 is 1.32 bits per heavy atom. The monoisotopic (exact) mass is 318 g/mol. The molecule has 1 aromatic carbocycles. The minimum Gasteiger partial charge on any atom is -0.310 e. The fraction of sp³-hybridized carbons (Fsp3) is 0.312. The van der Waals surface area contributed by atoms with Crippen LogP contribution in [0.5, 0.6) is 0 Å². The molecule has 0 saturated carbocycles. The van der Waals surface area contributed by atoms with Crippen molar-refractivity contribution in [1.29, 1.82) is 0 Å². The molecule has 0 spiro atoms. The topological polar surface area (TPSA) is 24.9 Å². The highest BCUT2D eigenvalue weighted by Gasteiger charge is 2.12. The van der Waals surface area contributed by atoms with Crippen LogP contribution in [0.25, 0.3) is 0 Å². The molecule has 1 aromatic heterocycles. The van der Waals surface area contributed by atoms with E-state index < -0.39 is 0 Å². The Kier molecular flexibility index (Phi) is 5.11. The van der Waals surface area contributed by atoms with Gasteiger partial charge in [-0.25, -0.2) is 0 Å². The molecule has 0 aliphatic heterocycles. The first kappa shape index (κ1) is 14.2. The smallest absolute Gasteiger partial charge is 0.0361 e. The highest BCUT2D eigenvalue weighted by atomic mass is 79.9. The Hall–Kier alpha value is -1.19. The highest BCUT2D eigenvalue weighted by Crippen LogP contribution is 2.24. The minimum absolute atomic E-state index is 0.325. The molecule has 0 bridgehead atoms. The van der Waals surface area contributed by atoms with Crippen molar-refractivity contribution in [3.8, 4) is 0 Å². The number of aromatic nitrogens is 1. The summed E-state index contributed by atoms with van der Waals surface area (Å²) in [4.78, 5) is 4.19. The number of pyridine rings is 1. The molecule has 1 atom stereocenters. The molecule has 0 aliphatic rings. The summed E-state index contributed by atoms with van der Waals surface area (Å²) in [5.74, 6) is 0. The van der Waals surface area contributed by atoms with Gasteiger partial charge in [-0.1, -0.05) is 41.1 Å². The molecule has 2 nitrogen and oxygen atoms in total. The van der Waals surface area contributed by atoms with Crippen LogP contribution in [0.15, 0.2) is 47.2 Å². The molecule has 1 N–H and O–H groups in total. The average molecular weight is 319 g/mol. The van der Waals surface area contributed by atoms with Gasteiger partial charge in [-0.2, -0.15) is 0 Å². The first-order valence-electron chi connectivity index (χ1n) is 6.59. The number of nitrogens with zero attached hydrogens (tertiary/aromatic N) is 1. The number of hydrogen-bond donors (Lipinski definition) is 1. The molecular formula is C16H19BrN2. The van der Waals surface area contributed by atoms with Gasteiger partial charge in [0.05, 0.1) is 0 Å². The van der Waals surface area contributed by atoms with Crippen molar-refractivity contribution < 1.29 is 0 Å². The van der Waals surface area contributed by atoms with Crippen molar-refractivity contribution in [2.45, 2.75) is 26.3 Å². The molecule has 1 unspecified atom stereocenters. The van der Waals surface area contributed by atoms with E-state index in [0.29, 0.717) is 6.04 Å². The van der Waals surface area contributed by atoms with Gasteiger partial charge in [-0.15, -0.1) is 0 Å². The number of hydrogen-bond acceptors (Lipinski definition) is 2. The molecular weight excluding hydrogens is 300 g/mol. The molecule has 1 heterocycles. The number of likely N-dealkylation sites (N-methyl/N-ethyl adjacent to an activating group) is 1. The van der Waals surface area contributed by atoms with Gasteiger partial charge in [0.15, 0.2) is 0 Å². The molecule has 2 rings (SSSR count). The van der Waals surface area contributed by atoms with Crippen molar-refractivity contribution in [3.63, 3.8) is 0 Å². The predicted molar refractivity (Wildman–Crippen MR) is 83.2 cm³/mol. The quantitative estimate of drug-likeness (QED) is 0.899. The molecule has 0 radical (unpaired) electrons. The van der Waals surface area contributed by atoms with Crippen LogP contribution in [-0.4, -0.2) is 11.5 Å². The van der Waals surface area contributed by atoms with E-state index in [-0.39, 0.29) is 0 Å². The Bertz CT molecular complexity index is 526. The molecule has 19 heavy (non-hydrogen) atoms. The third-order valence-corrected chi connectivity index (χ3v) is 4.07. The van der Waals surface area contributed by atoms with Crippen LogP contribution >= 0.6 is 15.9 Å². The lowest BCUT2D eigenvalue weighted by Crippen LogP contribution is -2.23. The van der Waals surface area contributed by atoms with E-state index in [1.54, 1.807) is 0 Å². The highest BCUT2D eigenvalue weighted by molar-refractivity contribution is 9.10. The maximum absolute atomic E-state index is 4.19. The lowest BCUT2D eigenvalue weighted by molar-refractivity contribution is 0.549. The molecule has 0 aliphatic carbocycles. The van der Waals surface area contributed by atoms with Crippen molar-refractivity contribution in [3.05, 3.63) is 63.9 Å². The van der Waals surface area contributed by atoms with Gasteiger partial charge in [-0.05, 0) is 48.7 Å². The van der Waals surface area contributed by atoms with Gasteiger partial charge in [0, 0.05) is 22.9 Å². The zero-order valence-corrected chi connectivity index (χ0v) is 12.9. The summed E-state index contributed by atoms with van der Waals surface area (Å²) in [7, 11) is 0. The molecule has 2 aromatic rings. The van der Waals surface area contributed by atoms with Crippen LogP contribution < -0.4 is 5.32 Å². The second-order valence-corrected chi connectivity index (χ2v) is 5.54. The van der Waals surface area contributed by atoms with E-state index in [2.05, 4.69) is 64.3 Å². The summed E-state index contributed by atoms with van der Waals surface area (Å²) in [6, 6.07) is 11.0. The fourth-order valence-electron chi connectivity index (χ4n) is 2.13. The Morgan fingerprint density at radius 2 is 2.16 bits per heavy atom. The second kappa shape index (κ2) is 6.83. The first-order chi connectivity index (χ1) is 9.20. The van der Waals surface area contributed by atoms with Gasteiger partial charge < -0.3 is 5.32 Å². The van der Waals surface area contributed by atoms with Crippen LogP contribution in [0.1, 0.15) is 29.7 Å².